The van der Waals surface area contributed by atoms with Gasteiger partial charge in [-0.15, -0.1) is 0 Å². The Balaban J connectivity index is 2.02. The number of methoxy groups -OCH3 is 3. The van der Waals surface area contributed by atoms with Gasteiger partial charge in [-0.05, 0) is 12.5 Å². The van der Waals surface area contributed by atoms with Gasteiger partial charge in [0.2, 0.25) is 5.88 Å². The zero-order valence-electron chi connectivity index (χ0n) is 11.8. The van der Waals surface area contributed by atoms with Gasteiger partial charge < -0.3 is 14.2 Å². The molecule has 5 nitrogen and oxygen atoms in total. The van der Waals surface area contributed by atoms with Crippen molar-refractivity contribution < 1.29 is 14.2 Å². The summed E-state index contributed by atoms with van der Waals surface area (Å²) in [4.78, 5) is 6.82. The Morgan fingerprint density at radius 1 is 1.32 bits per heavy atom. The van der Waals surface area contributed by atoms with Gasteiger partial charge in [0.15, 0.2) is 0 Å². The third kappa shape index (κ3) is 3.65. The Kier molecular flexibility index (Phi) is 5.13. The Bertz CT molecular complexity index is 400. The molecule has 19 heavy (non-hydrogen) atoms. The van der Waals surface area contributed by atoms with Gasteiger partial charge in [-0.25, -0.2) is 4.98 Å². The maximum Gasteiger partial charge on any atom is 0.213 e. The van der Waals surface area contributed by atoms with E-state index in [9.17, 15) is 0 Å². The van der Waals surface area contributed by atoms with Crippen molar-refractivity contribution in [1.82, 2.24) is 9.88 Å². The van der Waals surface area contributed by atoms with Crippen molar-refractivity contribution in [3.63, 3.8) is 0 Å². The maximum absolute atomic E-state index is 5.46. The smallest absolute Gasteiger partial charge is 0.213 e. The molecular weight excluding hydrogens is 244 g/mol. The SMILES string of the molecule is COC[C@@H]1C[C@@H](OC)CN1Cc1cccc(OC)n1. The lowest BCUT2D eigenvalue weighted by Crippen LogP contribution is -2.32. The van der Waals surface area contributed by atoms with E-state index in [1.54, 1.807) is 21.3 Å². The molecule has 0 radical (unpaired) electrons. The van der Waals surface area contributed by atoms with E-state index in [4.69, 9.17) is 14.2 Å². The first-order valence-corrected chi connectivity index (χ1v) is 6.52. The molecule has 0 saturated carbocycles. The van der Waals surface area contributed by atoms with Crippen LogP contribution in [0.25, 0.3) is 0 Å². The molecule has 0 bridgehead atoms. The van der Waals surface area contributed by atoms with E-state index in [2.05, 4.69) is 9.88 Å². The Hall–Kier alpha value is -1.17. The second kappa shape index (κ2) is 6.84. The molecule has 1 fully saturated rings. The van der Waals surface area contributed by atoms with Crippen molar-refractivity contribution in [2.24, 2.45) is 0 Å². The van der Waals surface area contributed by atoms with Crippen LogP contribution in [0.5, 0.6) is 5.88 Å². The van der Waals surface area contributed by atoms with Gasteiger partial charge in [0.05, 0.1) is 25.5 Å². The van der Waals surface area contributed by atoms with Gasteiger partial charge in [0.1, 0.15) is 0 Å². The minimum atomic E-state index is 0.283. The average molecular weight is 266 g/mol. The summed E-state index contributed by atoms with van der Waals surface area (Å²) in [5.74, 6) is 0.656. The zero-order chi connectivity index (χ0) is 13.7. The summed E-state index contributed by atoms with van der Waals surface area (Å²) in [6.07, 6.45) is 1.29. The van der Waals surface area contributed by atoms with Crippen molar-refractivity contribution in [2.75, 3.05) is 34.5 Å². The van der Waals surface area contributed by atoms with Crippen LogP contribution in [0.15, 0.2) is 18.2 Å². The monoisotopic (exact) mass is 266 g/mol. The molecule has 5 heteroatoms. The molecule has 0 aromatic carbocycles. The van der Waals surface area contributed by atoms with E-state index < -0.39 is 0 Å². The number of rotatable bonds is 6. The highest BCUT2D eigenvalue weighted by atomic mass is 16.5. The number of hydrogen-bond donors (Lipinski definition) is 0. The van der Waals surface area contributed by atoms with E-state index in [-0.39, 0.29) is 6.10 Å². The third-order valence-corrected chi connectivity index (χ3v) is 3.54. The van der Waals surface area contributed by atoms with E-state index in [0.717, 1.165) is 31.8 Å². The maximum atomic E-state index is 5.46. The van der Waals surface area contributed by atoms with E-state index in [1.807, 2.05) is 18.2 Å². The van der Waals surface area contributed by atoms with Gasteiger partial charge in [0.25, 0.3) is 0 Å². The predicted molar refractivity (Wildman–Crippen MR) is 72.3 cm³/mol. The molecule has 1 aliphatic rings. The lowest BCUT2D eigenvalue weighted by molar-refractivity contribution is 0.105. The summed E-state index contributed by atoms with van der Waals surface area (Å²) >= 11 is 0. The largest absolute Gasteiger partial charge is 0.481 e. The summed E-state index contributed by atoms with van der Waals surface area (Å²) in [6.45, 7) is 2.44. The number of pyridine rings is 1. The summed E-state index contributed by atoms with van der Waals surface area (Å²) in [5.41, 5.74) is 1.01. The molecule has 0 aliphatic carbocycles. The lowest BCUT2D eigenvalue weighted by atomic mass is 10.2. The van der Waals surface area contributed by atoms with Gasteiger partial charge in [-0.3, -0.25) is 4.90 Å². The quantitative estimate of drug-likeness (QED) is 0.777. The summed E-state index contributed by atoms with van der Waals surface area (Å²) in [7, 11) is 5.14. The number of likely N-dealkylation sites (tertiary alicyclic amines) is 1. The van der Waals surface area contributed by atoms with Gasteiger partial charge >= 0.3 is 0 Å². The second-order valence-electron chi connectivity index (χ2n) is 4.80. The summed E-state index contributed by atoms with van der Waals surface area (Å²) in [5, 5.41) is 0. The first-order chi connectivity index (χ1) is 9.26. The van der Waals surface area contributed by atoms with Crippen molar-refractivity contribution in [1.29, 1.82) is 0 Å². The van der Waals surface area contributed by atoms with Crippen LogP contribution in [-0.2, 0) is 16.0 Å². The van der Waals surface area contributed by atoms with Crippen LogP contribution in [0.4, 0.5) is 0 Å². The molecule has 106 valence electrons. The highest BCUT2D eigenvalue weighted by Crippen LogP contribution is 2.22. The molecule has 2 rings (SSSR count). The van der Waals surface area contributed by atoms with Crippen LogP contribution in [0, 0.1) is 0 Å². The Morgan fingerprint density at radius 2 is 2.16 bits per heavy atom. The van der Waals surface area contributed by atoms with Crippen LogP contribution in [0.1, 0.15) is 12.1 Å². The van der Waals surface area contributed by atoms with Crippen molar-refractivity contribution in [3.8, 4) is 5.88 Å². The normalized spacial score (nSPS) is 23.7. The molecule has 0 N–H and O–H groups in total. The zero-order valence-corrected chi connectivity index (χ0v) is 11.8. The van der Waals surface area contributed by atoms with Crippen molar-refractivity contribution in [3.05, 3.63) is 23.9 Å². The highest BCUT2D eigenvalue weighted by Gasteiger charge is 2.32. The van der Waals surface area contributed by atoms with Gasteiger partial charge in [-0.2, -0.15) is 0 Å². The number of nitrogens with zero attached hydrogens (tertiary/aromatic N) is 2. The topological polar surface area (TPSA) is 43.8 Å². The molecule has 0 spiro atoms. The Labute approximate surface area is 114 Å². The number of aromatic nitrogens is 1. The molecule has 0 unspecified atom stereocenters. The second-order valence-corrected chi connectivity index (χ2v) is 4.80. The molecule has 1 aliphatic heterocycles. The molecule has 1 aromatic heterocycles. The molecular formula is C14H22N2O3. The molecule has 2 heterocycles. The lowest BCUT2D eigenvalue weighted by Gasteiger charge is -2.23. The molecule has 0 amide bonds. The average Bonchev–Trinajstić information content (AvgIpc) is 2.82. The van der Waals surface area contributed by atoms with Crippen LogP contribution in [0.3, 0.4) is 0 Å². The number of hydrogen-bond acceptors (Lipinski definition) is 5. The first kappa shape index (κ1) is 14.2. The fraction of sp³-hybridized carbons (Fsp3) is 0.643. The van der Waals surface area contributed by atoms with Crippen molar-refractivity contribution >= 4 is 0 Å². The fourth-order valence-corrected chi connectivity index (χ4v) is 2.54. The van der Waals surface area contributed by atoms with E-state index >= 15 is 0 Å². The Morgan fingerprint density at radius 3 is 2.84 bits per heavy atom. The first-order valence-electron chi connectivity index (χ1n) is 6.52. The molecule has 1 saturated heterocycles. The molecule has 2 atom stereocenters. The predicted octanol–water partition coefficient (Wildman–Crippen LogP) is 1.33. The minimum absolute atomic E-state index is 0.283. The standard InChI is InChI=1S/C14H22N2O3/c1-17-10-12-7-13(18-2)9-16(12)8-11-5-4-6-14(15-11)19-3/h4-6,12-13H,7-10H2,1-3H3/t12-,13+/m0/s1. The van der Waals surface area contributed by atoms with E-state index in [0.29, 0.717) is 11.9 Å². The number of ether oxygens (including phenoxy) is 3. The van der Waals surface area contributed by atoms with Crippen LogP contribution in [-0.4, -0.2) is 56.5 Å². The molecule has 1 aromatic rings. The van der Waals surface area contributed by atoms with Gasteiger partial charge in [0, 0.05) is 39.4 Å². The van der Waals surface area contributed by atoms with Gasteiger partial charge in [-0.1, -0.05) is 6.07 Å². The van der Waals surface area contributed by atoms with E-state index in [1.165, 1.54) is 0 Å². The van der Waals surface area contributed by atoms with Crippen molar-refractivity contribution in [2.45, 2.75) is 25.1 Å². The summed E-state index contributed by atoms with van der Waals surface area (Å²) in [6, 6.07) is 6.24. The minimum Gasteiger partial charge on any atom is -0.481 e. The third-order valence-electron chi connectivity index (χ3n) is 3.54. The fourth-order valence-electron chi connectivity index (χ4n) is 2.54. The highest BCUT2D eigenvalue weighted by molar-refractivity contribution is 5.15. The van der Waals surface area contributed by atoms with Crippen LogP contribution >= 0.6 is 0 Å². The summed E-state index contributed by atoms with van der Waals surface area (Å²) < 4.78 is 15.9. The van der Waals surface area contributed by atoms with Crippen LogP contribution in [0.2, 0.25) is 0 Å². The van der Waals surface area contributed by atoms with Crippen LogP contribution < -0.4 is 4.74 Å².